The van der Waals surface area contributed by atoms with Gasteiger partial charge in [0.15, 0.2) is 5.78 Å². The maximum absolute atomic E-state index is 13.9. The normalized spacial score (nSPS) is 24.6. The van der Waals surface area contributed by atoms with Crippen molar-refractivity contribution in [3.8, 4) is 11.3 Å². The molecule has 5 heterocycles. The van der Waals surface area contributed by atoms with E-state index in [0.717, 1.165) is 0 Å². The first-order valence-electron chi connectivity index (χ1n) is 13.6. The van der Waals surface area contributed by atoms with Crippen molar-refractivity contribution in [1.82, 2.24) is 44.6 Å². The number of amides is 3. The number of Topliss-reactive ketones (excluding diaryl/α,β-unsaturated/α-hetero) is 1. The Labute approximate surface area is 244 Å². The Hall–Kier alpha value is -3.78. The van der Waals surface area contributed by atoms with Gasteiger partial charge in [0.2, 0.25) is 11.8 Å². The molecule has 0 unspecified atom stereocenters. The number of nitrogens with one attached hydrogen (secondary N) is 3. The van der Waals surface area contributed by atoms with Crippen LogP contribution in [0, 0.1) is 12.3 Å². The van der Waals surface area contributed by atoms with Gasteiger partial charge in [0.25, 0.3) is 5.91 Å². The van der Waals surface area contributed by atoms with Gasteiger partial charge in [0, 0.05) is 77.4 Å². The Morgan fingerprint density at radius 2 is 1.98 bits per heavy atom. The molecular weight excluding hydrogens is 594 g/mol. The molecule has 13 nitrogen and oxygen atoms in total. The average molecular weight is 625 g/mol. The second-order valence-corrected chi connectivity index (χ2v) is 11.4. The standard InChI is InChI=1S/C27H30BrN9O4/c1-14(38)24-17-6-18(16-9-30-15(2)31-10-16)33-19-11-29-5-3-4-22(39)32-13-27-7-20(26(41)34-28)37(21(27)8-27)23(40)12-36(35-24)25(17)19/h6,9-10,20-21,29H,3-5,7-8,11-13H2,1-2H3,(H,32,39)(H,34,41)/t20-,21+,27-/m0/s1. The number of halogens is 1. The van der Waals surface area contributed by atoms with Gasteiger partial charge in [-0.05, 0) is 38.8 Å². The minimum absolute atomic E-state index is 0.0590. The topological polar surface area (TPSA) is 164 Å². The highest BCUT2D eigenvalue weighted by Crippen LogP contribution is 2.59. The van der Waals surface area contributed by atoms with E-state index in [2.05, 4.69) is 46.2 Å². The fourth-order valence-electron chi connectivity index (χ4n) is 6.14. The van der Waals surface area contributed by atoms with Crippen molar-refractivity contribution in [3.63, 3.8) is 0 Å². The third-order valence-corrected chi connectivity index (χ3v) is 8.67. The van der Waals surface area contributed by atoms with Crippen LogP contribution in [0.1, 0.15) is 54.6 Å². The zero-order chi connectivity index (χ0) is 28.9. The van der Waals surface area contributed by atoms with Crippen LogP contribution in [-0.2, 0) is 27.5 Å². The van der Waals surface area contributed by atoms with E-state index in [4.69, 9.17) is 4.98 Å². The molecule has 0 spiro atoms. The molecule has 3 aliphatic rings. The summed E-state index contributed by atoms with van der Waals surface area (Å²) in [7, 11) is 0. The van der Waals surface area contributed by atoms with Gasteiger partial charge in [0.05, 0.1) is 16.9 Å². The lowest BCUT2D eigenvalue weighted by Crippen LogP contribution is -2.47. The number of pyridine rings is 1. The van der Waals surface area contributed by atoms with Gasteiger partial charge in [0.1, 0.15) is 24.1 Å². The number of aromatic nitrogens is 5. The number of rotatable bonds is 3. The summed E-state index contributed by atoms with van der Waals surface area (Å²) >= 11 is 3.02. The lowest BCUT2D eigenvalue weighted by molar-refractivity contribution is -0.139. The van der Waals surface area contributed by atoms with Gasteiger partial charge in [-0.1, -0.05) is 0 Å². The summed E-state index contributed by atoms with van der Waals surface area (Å²) < 4.78 is 4.03. The van der Waals surface area contributed by atoms with Crippen LogP contribution in [0.4, 0.5) is 0 Å². The molecule has 2 fully saturated rings. The molecule has 0 radical (unpaired) electrons. The quantitative estimate of drug-likeness (QED) is 0.287. The molecule has 2 bridgehead atoms. The molecule has 1 saturated heterocycles. The van der Waals surface area contributed by atoms with E-state index in [1.807, 2.05) is 0 Å². The molecule has 3 atom stereocenters. The fourth-order valence-corrected chi connectivity index (χ4v) is 6.40. The molecular formula is C27H30BrN9O4. The Bertz CT molecular complexity index is 1570. The number of carbonyl (C=O) groups is 4. The number of hydrogen-bond donors (Lipinski definition) is 3. The smallest absolute Gasteiger partial charge is 0.252 e. The molecule has 0 aromatic carbocycles. The molecule has 3 aromatic heterocycles. The van der Waals surface area contributed by atoms with E-state index in [1.54, 1.807) is 30.3 Å². The minimum atomic E-state index is -0.685. The van der Waals surface area contributed by atoms with E-state index in [0.29, 0.717) is 79.0 Å². The van der Waals surface area contributed by atoms with Crippen molar-refractivity contribution in [2.45, 2.75) is 64.7 Å². The van der Waals surface area contributed by atoms with Crippen molar-refractivity contribution in [2.75, 3.05) is 13.1 Å². The Balaban J connectivity index is 1.46. The molecule has 6 rings (SSSR count). The summed E-state index contributed by atoms with van der Waals surface area (Å²) in [5, 5.41) is 11.5. The number of nitrogens with zero attached hydrogens (tertiary/aromatic N) is 6. The Morgan fingerprint density at radius 3 is 2.71 bits per heavy atom. The third kappa shape index (κ3) is 4.99. The maximum atomic E-state index is 13.9. The van der Waals surface area contributed by atoms with E-state index in [-0.39, 0.29) is 47.2 Å². The first-order chi connectivity index (χ1) is 19.7. The molecule has 3 amide bonds. The number of ketones is 1. The molecule has 3 aromatic rings. The van der Waals surface area contributed by atoms with Crippen LogP contribution in [0.5, 0.6) is 0 Å². The Kier molecular flexibility index (Phi) is 7.06. The minimum Gasteiger partial charge on any atom is -0.355 e. The molecule has 3 N–H and O–H groups in total. The van der Waals surface area contributed by atoms with Gasteiger partial charge < -0.3 is 15.5 Å². The largest absolute Gasteiger partial charge is 0.355 e. The van der Waals surface area contributed by atoms with Crippen LogP contribution in [0.15, 0.2) is 18.5 Å². The first kappa shape index (κ1) is 27.4. The molecule has 1 aliphatic carbocycles. The summed E-state index contributed by atoms with van der Waals surface area (Å²) in [6.45, 7) is 4.36. The SMILES string of the molecule is CC(=O)c1nn2c3c(nc(-c4cnc(C)nc4)cc13)CNCCCC(=O)NC[C@@]13C[C@@H](C(=O)NBr)N(C(=O)C2)[C@@H]1C3. The van der Waals surface area contributed by atoms with Crippen molar-refractivity contribution < 1.29 is 19.2 Å². The van der Waals surface area contributed by atoms with Crippen LogP contribution in [0.3, 0.4) is 0 Å². The van der Waals surface area contributed by atoms with E-state index >= 15 is 0 Å². The summed E-state index contributed by atoms with van der Waals surface area (Å²) in [4.78, 5) is 67.1. The van der Waals surface area contributed by atoms with Crippen LogP contribution >= 0.6 is 16.1 Å². The van der Waals surface area contributed by atoms with Crippen LogP contribution in [0.2, 0.25) is 0 Å². The van der Waals surface area contributed by atoms with Crippen molar-refractivity contribution in [3.05, 3.63) is 35.7 Å². The van der Waals surface area contributed by atoms with Crippen LogP contribution < -0.4 is 15.0 Å². The van der Waals surface area contributed by atoms with Crippen molar-refractivity contribution >= 4 is 50.6 Å². The fraction of sp³-hybridized carbons (Fsp3) is 0.481. The predicted octanol–water partition coefficient (Wildman–Crippen LogP) is 1.18. The Morgan fingerprint density at radius 1 is 1.20 bits per heavy atom. The van der Waals surface area contributed by atoms with Crippen molar-refractivity contribution in [2.24, 2.45) is 5.41 Å². The summed E-state index contributed by atoms with van der Waals surface area (Å²) in [6, 6.07) is 0.928. The van der Waals surface area contributed by atoms with Gasteiger partial charge in [-0.3, -0.25) is 28.2 Å². The predicted molar refractivity (Wildman–Crippen MR) is 150 cm³/mol. The molecule has 214 valence electrons. The second-order valence-electron chi connectivity index (χ2n) is 11.1. The molecule has 41 heavy (non-hydrogen) atoms. The van der Waals surface area contributed by atoms with E-state index < -0.39 is 6.04 Å². The van der Waals surface area contributed by atoms with E-state index in [1.165, 1.54) is 11.6 Å². The van der Waals surface area contributed by atoms with Gasteiger partial charge in [-0.15, -0.1) is 0 Å². The summed E-state index contributed by atoms with van der Waals surface area (Å²) in [5.41, 5.74) is 2.32. The van der Waals surface area contributed by atoms with Gasteiger partial charge in [-0.2, -0.15) is 5.10 Å². The van der Waals surface area contributed by atoms with E-state index in [9.17, 15) is 19.2 Å². The second kappa shape index (κ2) is 10.6. The lowest BCUT2D eigenvalue weighted by atomic mass is 9.99. The highest BCUT2D eigenvalue weighted by Gasteiger charge is 2.67. The number of hydrogen-bond acceptors (Lipinski definition) is 9. The first-order valence-corrected chi connectivity index (χ1v) is 14.4. The monoisotopic (exact) mass is 623 g/mol. The highest BCUT2D eigenvalue weighted by molar-refractivity contribution is 9.08. The lowest BCUT2D eigenvalue weighted by Gasteiger charge is -2.26. The molecule has 1 saturated carbocycles. The third-order valence-electron chi connectivity index (χ3n) is 8.28. The zero-order valence-electron chi connectivity index (χ0n) is 22.7. The highest BCUT2D eigenvalue weighted by atomic mass is 79.9. The van der Waals surface area contributed by atoms with Gasteiger partial charge >= 0.3 is 0 Å². The number of aryl methyl sites for hydroxylation is 1. The van der Waals surface area contributed by atoms with Crippen LogP contribution in [-0.4, -0.2) is 78.3 Å². The zero-order valence-corrected chi connectivity index (χ0v) is 24.3. The maximum Gasteiger partial charge on any atom is 0.252 e. The van der Waals surface area contributed by atoms with Crippen molar-refractivity contribution in [1.29, 1.82) is 0 Å². The number of piperidine rings is 1. The summed E-state index contributed by atoms with van der Waals surface area (Å²) in [6.07, 6.45) is 5.48. The average Bonchev–Trinajstić information content (AvgIpc) is 3.36. The number of carbonyl (C=O) groups excluding carboxylic acids is 4. The van der Waals surface area contributed by atoms with Gasteiger partial charge in [-0.25, -0.2) is 15.0 Å². The summed E-state index contributed by atoms with van der Waals surface area (Å²) in [5.74, 6) is -0.287. The van der Waals surface area contributed by atoms with Crippen LogP contribution in [0.25, 0.3) is 22.2 Å². The molecule has 2 aliphatic heterocycles. The molecule has 14 heteroatoms.